The molecule has 1 aliphatic carbocycles. The van der Waals surface area contributed by atoms with Crippen molar-refractivity contribution in [3.05, 3.63) is 12.2 Å². The number of nitrogens with one attached hydrogen (secondary N) is 1. The SMILES string of the molecule is COC(=O)N[C@H](C(=O)N1[C@H](C(C)C)[C@@H]2C=C[C@H]1C2)C(C)C. The molecule has 0 aromatic rings. The summed E-state index contributed by atoms with van der Waals surface area (Å²) in [6, 6.07) is -0.129. The van der Waals surface area contributed by atoms with Crippen molar-refractivity contribution in [3.63, 3.8) is 0 Å². The average Bonchev–Trinajstić information content (AvgIpc) is 3.03. The molecule has 1 saturated heterocycles. The number of nitrogens with zero attached hydrogens (tertiary/aromatic N) is 1. The zero-order valence-electron chi connectivity index (χ0n) is 13.5. The second-order valence-electron chi connectivity index (χ2n) is 6.69. The molecule has 2 bridgehead atoms. The maximum Gasteiger partial charge on any atom is 0.407 e. The number of rotatable bonds is 4. The number of likely N-dealkylation sites (tertiary alicyclic amines) is 1. The van der Waals surface area contributed by atoms with E-state index in [1.165, 1.54) is 7.11 Å². The molecule has 1 fully saturated rings. The van der Waals surface area contributed by atoms with E-state index in [1.807, 2.05) is 18.7 Å². The van der Waals surface area contributed by atoms with Crippen molar-refractivity contribution in [2.75, 3.05) is 7.11 Å². The number of alkyl carbamates (subject to hydrolysis) is 1. The quantitative estimate of drug-likeness (QED) is 0.809. The third kappa shape index (κ3) is 2.92. The highest BCUT2D eigenvalue weighted by atomic mass is 16.5. The van der Waals surface area contributed by atoms with E-state index in [9.17, 15) is 9.59 Å². The zero-order valence-corrected chi connectivity index (χ0v) is 13.5. The van der Waals surface area contributed by atoms with Crippen LogP contribution in [0.2, 0.25) is 0 Å². The monoisotopic (exact) mass is 294 g/mol. The van der Waals surface area contributed by atoms with E-state index in [4.69, 9.17) is 0 Å². The van der Waals surface area contributed by atoms with Gasteiger partial charge in [0, 0.05) is 6.04 Å². The van der Waals surface area contributed by atoms with Gasteiger partial charge in [-0.1, -0.05) is 39.8 Å². The highest BCUT2D eigenvalue weighted by Gasteiger charge is 2.48. The van der Waals surface area contributed by atoms with Gasteiger partial charge in [0.2, 0.25) is 5.91 Å². The van der Waals surface area contributed by atoms with Gasteiger partial charge in [-0.3, -0.25) is 4.79 Å². The molecule has 2 aliphatic rings. The highest BCUT2D eigenvalue weighted by Crippen LogP contribution is 2.41. The van der Waals surface area contributed by atoms with Gasteiger partial charge in [0.1, 0.15) is 6.04 Å². The summed E-state index contributed by atoms with van der Waals surface area (Å²) in [5.74, 6) is 0.878. The topological polar surface area (TPSA) is 58.6 Å². The Labute approximate surface area is 126 Å². The minimum absolute atomic E-state index is 0.00551. The Morgan fingerprint density at radius 2 is 1.90 bits per heavy atom. The Morgan fingerprint density at radius 3 is 2.43 bits per heavy atom. The first-order valence-electron chi connectivity index (χ1n) is 7.71. The molecule has 0 spiro atoms. The van der Waals surface area contributed by atoms with E-state index in [-0.39, 0.29) is 23.9 Å². The number of amides is 2. The van der Waals surface area contributed by atoms with Gasteiger partial charge >= 0.3 is 6.09 Å². The van der Waals surface area contributed by atoms with Crippen LogP contribution in [-0.2, 0) is 9.53 Å². The number of carbonyl (C=O) groups excluding carboxylic acids is 2. The van der Waals surface area contributed by atoms with E-state index < -0.39 is 12.1 Å². The van der Waals surface area contributed by atoms with E-state index in [1.54, 1.807) is 0 Å². The number of hydrogen-bond acceptors (Lipinski definition) is 3. The second kappa shape index (κ2) is 6.08. The third-order valence-electron chi connectivity index (χ3n) is 4.54. The van der Waals surface area contributed by atoms with Gasteiger partial charge in [-0.15, -0.1) is 0 Å². The third-order valence-corrected chi connectivity index (χ3v) is 4.54. The van der Waals surface area contributed by atoms with Gasteiger partial charge in [0.25, 0.3) is 0 Å². The van der Waals surface area contributed by atoms with Crippen molar-refractivity contribution in [3.8, 4) is 0 Å². The van der Waals surface area contributed by atoms with Crippen molar-refractivity contribution in [1.29, 1.82) is 0 Å². The fraction of sp³-hybridized carbons (Fsp3) is 0.750. The van der Waals surface area contributed by atoms with Crippen LogP contribution >= 0.6 is 0 Å². The molecule has 5 heteroatoms. The first-order chi connectivity index (χ1) is 9.86. The lowest BCUT2D eigenvalue weighted by molar-refractivity contribution is -0.138. The van der Waals surface area contributed by atoms with Crippen LogP contribution in [0.5, 0.6) is 0 Å². The van der Waals surface area contributed by atoms with Crippen LogP contribution in [-0.4, -0.2) is 42.1 Å². The van der Waals surface area contributed by atoms with Crippen molar-refractivity contribution in [2.24, 2.45) is 17.8 Å². The number of carbonyl (C=O) groups is 2. The molecule has 0 radical (unpaired) electrons. The maximum absolute atomic E-state index is 13.0. The van der Waals surface area contributed by atoms with Crippen molar-refractivity contribution < 1.29 is 14.3 Å². The van der Waals surface area contributed by atoms with E-state index in [2.05, 4.69) is 36.1 Å². The lowest BCUT2D eigenvalue weighted by Gasteiger charge is -2.38. The molecule has 2 amide bonds. The summed E-state index contributed by atoms with van der Waals surface area (Å²) in [5.41, 5.74) is 0. The molecule has 118 valence electrons. The molecule has 0 unspecified atom stereocenters. The van der Waals surface area contributed by atoms with E-state index >= 15 is 0 Å². The largest absolute Gasteiger partial charge is 0.453 e. The van der Waals surface area contributed by atoms with Crippen LogP contribution in [0, 0.1) is 17.8 Å². The highest BCUT2D eigenvalue weighted by molar-refractivity contribution is 5.87. The lowest BCUT2D eigenvalue weighted by Crippen LogP contribution is -2.56. The van der Waals surface area contributed by atoms with Gasteiger partial charge < -0.3 is 15.0 Å². The molecule has 1 N–H and O–H groups in total. The van der Waals surface area contributed by atoms with Gasteiger partial charge in [-0.2, -0.15) is 0 Å². The fourth-order valence-electron chi connectivity index (χ4n) is 3.58. The average molecular weight is 294 g/mol. The number of fused-ring (bicyclic) bond motifs is 2. The Hall–Kier alpha value is -1.52. The first kappa shape index (κ1) is 15.9. The molecular formula is C16H26N2O3. The molecule has 0 aromatic heterocycles. The Morgan fingerprint density at radius 1 is 1.24 bits per heavy atom. The Bertz CT molecular complexity index is 445. The summed E-state index contributed by atoms with van der Waals surface area (Å²) in [5, 5.41) is 2.69. The van der Waals surface area contributed by atoms with Crippen LogP contribution in [0.25, 0.3) is 0 Å². The summed E-state index contributed by atoms with van der Waals surface area (Å²) in [6.07, 6.45) is 4.81. The van der Waals surface area contributed by atoms with Crippen LogP contribution in [0.3, 0.4) is 0 Å². The van der Waals surface area contributed by atoms with E-state index in [0.717, 1.165) is 6.42 Å². The van der Waals surface area contributed by atoms with Gasteiger partial charge in [0.05, 0.1) is 13.2 Å². The minimum atomic E-state index is -0.553. The second-order valence-corrected chi connectivity index (χ2v) is 6.69. The lowest BCUT2D eigenvalue weighted by atomic mass is 9.91. The molecular weight excluding hydrogens is 268 g/mol. The molecule has 2 rings (SSSR count). The smallest absolute Gasteiger partial charge is 0.407 e. The summed E-state index contributed by atoms with van der Waals surface area (Å²) >= 11 is 0. The van der Waals surface area contributed by atoms with Crippen molar-refractivity contribution >= 4 is 12.0 Å². The fourth-order valence-corrected chi connectivity index (χ4v) is 3.58. The Kier molecular flexibility index (Phi) is 4.59. The molecule has 0 saturated carbocycles. The van der Waals surface area contributed by atoms with Crippen molar-refractivity contribution in [1.82, 2.24) is 10.2 Å². The van der Waals surface area contributed by atoms with Crippen molar-refractivity contribution in [2.45, 2.75) is 52.2 Å². The number of hydrogen-bond donors (Lipinski definition) is 1. The van der Waals surface area contributed by atoms with Gasteiger partial charge in [-0.25, -0.2) is 4.79 Å². The number of ether oxygens (including phenoxy) is 1. The minimum Gasteiger partial charge on any atom is -0.453 e. The molecule has 1 heterocycles. The van der Waals surface area contributed by atoms with Gasteiger partial charge in [-0.05, 0) is 24.2 Å². The summed E-state index contributed by atoms with van der Waals surface area (Å²) < 4.78 is 4.65. The Balaban J connectivity index is 2.20. The summed E-state index contributed by atoms with van der Waals surface area (Å²) in [4.78, 5) is 26.5. The predicted octanol–water partition coefficient (Wildman–Crippen LogP) is 2.18. The first-order valence-corrected chi connectivity index (χ1v) is 7.71. The van der Waals surface area contributed by atoms with Crippen LogP contribution in [0.4, 0.5) is 4.79 Å². The van der Waals surface area contributed by atoms with Gasteiger partial charge in [0.15, 0.2) is 0 Å². The van der Waals surface area contributed by atoms with Crippen LogP contribution < -0.4 is 5.32 Å². The predicted molar refractivity (Wildman–Crippen MR) is 80.7 cm³/mol. The molecule has 4 atom stereocenters. The zero-order chi connectivity index (χ0) is 15.7. The molecule has 1 aliphatic heterocycles. The summed E-state index contributed by atoms with van der Waals surface area (Å²) in [7, 11) is 1.31. The normalized spacial score (nSPS) is 28.3. The number of methoxy groups -OCH3 is 1. The standard InChI is InChI=1S/C16H26N2O3/c1-9(2)13(17-16(20)21-5)15(19)18-12-7-6-11(8-12)14(18)10(3)4/h6-7,9-14H,8H2,1-5H3,(H,17,20)/t11-,12+,13+,14-/m1/s1. The molecule has 21 heavy (non-hydrogen) atoms. The maximum atomic E-state index is 13.0. The van der Waals surface area contributed by atoms with Crippen LogP contribution in [0.1, 0.15) is 34.1 Å². The molecule has 0 aromatic carbocycles. The summed E-state index contributed by atoms with van der Waals surface area (Å²) in [6.45, 7) is 8.18. The van der Waals surface area contributed by atoms with Crippen LogP contribution in [0.15, 0.2) is 12.2 Å². The van der Waals surface area contributed by atoms with E-state index in [0.29, 0.717) is 11.8 Å². The molecule has 5 nitrogen and oxygen atoms in total.